The van der Waals surface area contributed by atoms with Crippen LogP contribution < -0.4 is 5.73 Å². The van der Waals surface area contributed by atoms with Crippen molar-refractivity contribution in [1.82, 2.24) is 4.90 Å². The number of carbonyl (C=O) groups is 1. The number of aryl methyl sites for hydroxylation is 1. The van der Waals surface area contributed by atoms with Gasteiger partial charge in [0, 0.05) is 23.6 Å². The van der Waals surface area contributed by atoms with E-state index in [-0.39, 0.29) is 11.9 Å². The minimum atomic E-state index is 0.0912. The molecule has 0 bridgehead atoms. The Bertz CT molecular complexity index is 433. The van der Waals surface area contributed by atoms with Crippen LogP contribution in [0.1, 0.15) is 28.8 Å². The smallest absolute Gasteiger partial charge is 0.255 e. The Hall–Kier alpha value is -0.870. The molecule has 1 amide bonds. The lowest BCUT2D eigenvalue weighted by molar-refractivity contribution is 0.0740. The molecule has 0 radical (unpaired) electrons. The fraction of sp³-hybridized carbons (Fsp3) is 0.462. The standard InChI is InChI=1S/C13H17BrN2O/c1-9-4-5-12(14)11(7-9)13(17)16-6-2-3-10(16)8-15/h4-5,7,10H,2-3,6,8,15H2,1H3. The van der Waals surface area contributed by atoms with Crippen LogP contribution in [0.15, 0.2) is 22.7 Å². The van der Waals surface area contributed by atoms with Crippen LogP contribution in [0.4, 0.5) is 0 Å². The lowest BCUT2D eigenvalue weighted by Crippen LogP contribution is -2.40. The van der Waals surface area contributed by atoms with Crippen LogP contribution in [-0.2, 0) is 0 Å². The third kappa shape index (κ3) is 2.53. The molecular formula is C13H17BrN2O. The van der Waals surface area contributed by atoms with Crippen molar-refractivity contribution in [3.63, 3.8) is 0 Å². The van der Waals surface area contributed by atoms with Gasteiger partial charge in [-0.05, 0) is 47.8 Å². The number of carbonyl (C=O) groups excluding carboxylic acids is 1. The van der Waals surface area contributed by atoms with Gasteiger partial charge in [-0.1, -0.05) is 11.6 Å². The second-order valence-corrected chi connectivity index (χ2v) is 5.37. The molecule has 0 aromatic heterocycles. The first kappa shape index (κ1) is 12.6. The van der Waals surface area contributed by atoms with Crippen molar-refractivity contribution < 1.29 is 4.79 Å². The molecule has 3 nitrogen and oxygen atoms in total. The zero-order valence-corrected chi connectivity index (χ0v) is 11.5. The van der Waals surface area contributed by atoms with Gasteiger partial charge in [0.1, 0.15) is 0 Å². The molecule has 0 spiro atoms. The fourth-order valence-corrected chi connectivity index (χ4v) is 2.72. The first-order valence-corrected chi connectivity index (χ1v) is 6.70. The van der Waals surface area contributed by atoms with Gasteiger partial charge in [-0.25, -0.2) is 0 Å². The molecule has 1 aromatic carbocycles. The lowest BCUT2D eigenvalue weighted by Gasteiger charge is -2.24. The number of benzene rings is 1. The molecule has 1 atom stereocenters. The van der Waals surface area contributed by atoms with Gasteiger partial charge in [-0.15, -0.1) is 0 Å². The first-order chi connectivity index (χ1) is 8.13. The van der Waals surface area contributed by atoms with Crippen LogP contribution in [0, 0.1) is 6.92 Å². The molecule has 2 N–H and O–H groups in total. The van der Waals surface area contributed by atoms with E-state index in [0.29, 0.717) is 6.54 Å². The molecule has 0 saturated carbocycles. The van der Waals surface area contributed by atoms with Gasteiger partial charge in [0.2, 0.25) is 0 Å². The van der Waals surface area contributed by atoms with Crippen molar-refractivity contribution in [2.24, 2.45) is 5.73 Å². The molecule has 0 aliphatic carbocycles. The zero-order chi connectivity index (χ0) is 12.4. The highest BCUT2D eigenvalue weighted by Gasteiger charge is 2.29. The van der Waals surface area contributed by atoms with Crippen molar-refractivity contribution in [1.29, 1.82) is 0 Å². The number of nitrogens with zero attached hydrogens (tertiary/aromatic N) is 1. The molecule has 4 heteroatoms. The maximum Gasteiger partial charge on any atom is 0.255 e. The number of rotatable bonds is 2. The van der Waals surface area contributed by atoms with Crippen molar-refractivity contribution >= 4 is 21.8 Å². The quantitative estimate of drug-likeness (QED) is 0.910. The third-order valence-corrected chi connectivity index (χ3v) is 3.95. The number of halogens is 1. The van der Waals surface area contributed by atoms with E-state index in [1.54, 1.807) is 0 Å². The summed E-state index contributed by atoms with van der Waals surface area (Å²) in [5.74, 6) is 0.0912. The average molecular weight is 297 g/mol. The molecule has 1 fully saturated rings. The highest BCUT2D eigenvalue weighted by Crippen LogP contribution is 2.24. The predicted octanol–water partition coefficient (Wildman–Crippen LogP) is 2.32. The normalized spacial score (nSPS) is 19.7. The van der Waals surface area contributed by atoms with E-state index >= 15 is 0 Å². The summed E-state index contributed by atoms with van der Waals surface area (Å²) in [5, 5.41) is 0. The van der Waals surface area contributed by atoms with E-state index in [9.17, 15) is 4.79 Å². The second kappa shape index (κ2) is 5.19. The molecule has 1 unspecified atom stereocenters. The number of nitrogens with two attached hydrogens (primary N) is 1. The lowest BCUT2D eigenvalue weighted by atomic mass is 10.1. The van der Waals surface area contributed by atoms with E-state index in [2.05, 4.69) is 15.9 Å². The summed E-state index contributed by atoms with van der Waals surface area (Å²) in [5.41, 5.74) is 7.54. The largest absolute Gasteiger partial charge is 0.334 e. The van der Waals surface area contributed by atoms with E-state index in [1.165, 1.54) is 0 Å². The Kier molecular flexibility index (Phi) is 3.84. The summed E-state index contributed by atoms with van der Waals surface area (Å²) in [4.78, 5) is 14.3. The van der Waals surface area contributed by atoms with Gasteiger partial charge < -0.3 is 10.6 Å². The Labute approximate surface area is 110 Å². The highest BCUT2D eigenvalue weighted by atomic mass is 79.9. The average Bonchev–Trinajstić information content (AvgIpc) is 2.79. The molecule has 92 valence electrons. The van der Waals surface area contributed by atoms with E-state index in [1.807, 2.05) is 30.0 Å². The molecule has 1 aromatic rings. The van der Waals surface area contributed by atoms with Gasteiger partial charge in [-0.3, -0.25) is 4.79 Å². The summed E-state index contributed by atoms with van der Waals surface area (Å²) in [6, 6.07) is 6.05. The van der Waals surface area contributed by atoms with Gasteiger partial charge in [0.25, 0.3) is 5.91 Å². The Morgan fingerprint density at radius 3 is 3.06 bits per heavy atom. The van der Waals surface area contributed by atoms with E-state index in [0.717, 1.165) is 35.0 Å². The number of likely N-dealkylation sites (tertiary alicyclic amines) is 1. The van der Waals surface area contributed by atoms with Crippen LogP contribution in [0.5, 0.6) is 0 Å². The molecule has 1 aliphatic heterocycles. The number of amides is 1. The summed E-state index contributed by atoms with van der Waals surface area (Å²) in [6.45, 7) is 3.36. The zero-order valence-electron chi connectivity index (χ0n) is 9.95. The van der Waals surface area contributed by atoms with Gasteiger partial charge in [0.05, 0.1) is 5.56 Å². The Balaban J connectivity index is 2.27. The third-order valence-electron chi connectivity index (χ3n) is 3.26. The summed E-state index contributed by atoms with van der Waals surface area (Å²) >= 11 is 3.44. The maximum atomic E-state index is 12.4. The van der Waals surface area contributed by atoms with Crippen molar-refractivity contribution in [3.05, 3.63) is 33.8 Å². The fourth-order valence-electron chi connectivity index (χ4n) is 2.31. The molecule has 1 heterocycles. The Morgan fingerprint density at radius 1 is 1.59 bits per heavy atom. The van der Waals surface area contributed by atoms with Gasteiger partial charge >= 0.3 is 0 Å². The minimum Gasteiger partial charge on any atom is -0.334 e. The van der Waals surface area contributed by atoms with Crippen LogP contribution in [0.2, 0.25) is 0 Å². The number of hydrogen-bond donors (Lipinski definition) is 1. The van der Waals surface area contributed by atoms with Crippen molar-refractivity contribution in [2.75, 3.05) is 13.1 Å². The predicted molar refractivity (Wildman–Crippen MR) is 72.0 cm³/mol. The molecule has 2 rings (SSSR count). The topological polar surface area (TPSA) is 46.3 Å². The van der Waals surface area contributed by atoms with Crippen LogP contribution >= 0.6 is 15.9 Å². The summed E-state index contributed by atoms with van der Waals surface area (Å²) in [7, 11) is 0. The first-order valence-electron chi connectivity index (χ1n) is 5.90. The van der Waals surface area contributed by atoms with Gasteiger partial charge in [0.15, 0.2) is 0 Å². The van der Waals surface area contributed by atoms with E-state index in [4.69, 9.17) is 5.73 Å². The van der Waals surface area contributed by atoms with Crippen LogP contribution in [0.3, 0.4) is 0 Å². The molecule has 17 heavy (non-hydrogen) atoms. The maximum absolute atomic E-state index is 12.4. The van der Waals surface area contributed by atoms with Crippen LogP contribution in [0.25, 0.3) is 0 Å². The Morgan fingerprint density at radius 2 is 2.35 bits per heavy atom. The minimum absolute atomic E-state index is 0.0912. The second-order valence-electron chi connectivity index (χ2n) is 4.51. The molecule has 1 aliphatic rings. The van der Waals surface area contributed by atoms with Crippen LogP contribution in [-0.4, -0.2) is 29.9 Å². The molecular weight excluding hydrogens is 280 g/mol. The van der Waals surface area contributed by atoms with Crippen molar-refractivity contribution in [2.45, 2.75) is 25.8 Å². The van der Waals surface area contributed by atoms with Gasteiger partial charge in [-0.2, -0.15) is 0 Å². The number of hydrogen-bond acceptors (Lipinski definition) is 2. The summed E-state index contributed by atoms with van der Waals surface area (Å²) < 4.78 is 0.857. The molecule has 1 saturated heterocycles. The monoisotopic (exact) mass is 296 g/mol. The SMILES string of the molecule is Cc1ccc(Br)c(C(=O)N2CCCC2CN)c1. The highest BCUT2D eigenvalue weighted by molar-refractivity contribution is 9.10. The van der Waals surface area contributed by atoms with E-state index < -0.39 is 0 Å². The van der Waals surface area contributed by atoms with Crippen molar-refractivity contribution in [3.8, 4) is 0 Å². The summed E-state index contributed by atoms with van der Waals surface area (Å²) in [6.07, 6.45) is 2.07.